The van der Waals surface area contributed by atoms with Crippen molar-refractivity contribution in [3.63, 3.8) is 0 Å². The molecule has 11 heteroatoms. The van der Waals surface area contributed by atoms with Crippen LogP contribution in [0.2, 0.25) is 0 Å². The van der Waals surface area contributed by atoms with E-state index in [2.05, 4.69) is 5.32 Å². The van der Waals surface area contributed by atoms with Gasteiger partial charge in [-0.2, -0.15) is 0 Å². The molecule has 0 spiro atoms. The number of amides is 4. The van der Waals surface area contributed by atoms with E-state index in [-0.39, 0.29) is 43.3 Å². The molecular formula is C30H31F2N5O4. The lowest BCUT2D eigenvalue weighted by atomic mass is 9.96. The highest BCUT2D eigenvalue weighted by molar-refractivity contribution is 5.92. The summed E-state index contributed by atoms with van der Waals surface area (Å²) in [6.45, 7) is 1.67. The summed E-state index contributed by atoms with van der Waals surface area (Å²) in [4.78, 5) is 43.9. The molecular weight excluding hydrogens is 532 g/mol. The van der Waals surface area contributed by atoms with Crippen LogP contribution in [-0.4, -0.2) is 75.1 Å². The molecule has 0 unspecified atom stereocenters. The number of piperazine rings is 1. The third kappa shape index (κ3) is 5.71. The SMILES string of the molecule is C[C@H](c1ccc(F)cc1F)N1C[C@H]2N(C(=O)CN(C)N2C(=O)NCc2ccccc2)[C@@H](Cc2ccc(O)cc2)C1=O. The Bertz CT molecular complexity index is 1440. The fourth-order valence-electron chi connectivity index (χ4n) is 5.53. The Labute approximate surface area is 236 Å². The van der Waals surface area contributed by atoms with Crippen molar-refractivity contribution in [2.75, 3.05) is 20.1 Å². The molecule has 2 aliphatic rings. The van der Waals surface area contributed by atoms with Gasteiger partial charge in [0.15, 0.2) is 0 Å². The van der Waals surface area contributed by atoms with Gasteiger partial charge in [-0.15, -0.1) is 0 Å². The number of nitrogens with zero attached hydrogens (tertiary/aromatic N) is 4. The van der Waals surface area contributed by atoms with Crippen LogP contribution in [0.15, 0.2) is 72.8 Å². The highest BCUT2D eigenvalue weighted by Gasteiger charge is 2.51. The van der Waals surface area contributed by atoms with E-state index in [1.807, 2.05) is 30.3 Å². The number of likely N-dealkylation sites (N-methyl/N-ethyl adjacent to an activating group) is 1. The third-order valence-corrected chi connectivity index (χ3v) is 7.63. The largest absolute Gasteiger partial charge is 0.508 e. The molecule has 9 nitrogen and oxygen atoms in total. The zero-order valence-corrected chi connectivity index (χ0v) is 22.7. The molecule has 5 rings (SSSR count). The smallest absolute Gasteiger partial charge is 0.334 e. The van der Waals surface area contributed by atoms with Gasteiger partial charge in [-0.3, -0.25) is 9.59 Å². The molecule has 2 heterocycles. The maximum absolute atomic E-state index is 14.8. The standard InChI is InChI=1S/C30H31F2N5O4/c1-19(24-13-10-22(31)15-25(24)32)35-17-27-36(26(29(35)40)14-20-8-11-23(38)12-9-20)28(39)18-34(2)37(27)30(41)33-16-21-6-4-3-5-7-21/h3-13,15,19,26-27,38H,14,16-18H2,1-2H3,(H,33,41)/t19-,26+,27+/m1/s1. The second-order valence-electron chi connectivity index (χ2n) is 10.3. The van der Waals surface area contributed by atoms with Gasteiger partial charge in [0.1, 0.15) is 29.6 Å². The first-order valence-electron chi connectivity index (χ1n) is 13.3. The molecule has 2 N–H and O–H groups in total. The van der Waals surface area contributed by atoms with Crippen LogP contribution in [0.25, 0.3) is 0 Å². The van der Waals surface area contributed by atoms with E-state index in [0.717, 1.165) is 17.7 Å². The van der Waals surface area contributed by atoms with Crippen LogP contribution in [0.3, 0.4) is 0 Å². The molecule has 0 saturated carbocycles. The lowest BCUT2D eigenvalue weighted by molar-refractivity contribution is -0.189. The number of phenols is 1. The van der Waals surface area contributed by atoms with Crippen molar-refractivity contribution in [2.24, 2.45) is 0 Å². The zero-order valence-electron chi connectivity index (χ0n) is 22.7. The topological polar surface area (TPSA) is 96.4 Å². The van der Waals surface area contributed by atoms with Gasteiger partial charge in [-0.1, -0.05) is 48.5 Å². The number of nitrogens with one attached hydrogen (secondary N) is 1. The molecule has 4 amide bonds. The Hall–Kier alpha value is -4.51. The normalized spacial score (nSPS) is 20.1. The summed E-state index contributed by atoms with van der Waals surface area (Å²) in [7, 11) is 1.62. The second-order valence-corrected chi connectivity index (χ2v) is 10.3. The minimum Gasteiger partial charge on any atom is -0.508 e. The molecule has 0 aromatic heterocycles. The van der Waals surface area contributed by atoms with Crippen LogP contribution in [0.1, 0.15) is 29.7 Å². The quantitative estimate of drug-likeness (QED) is 0.479. The summed E-state index contributed by atoms with van der Waals surface area (Å²) in [6.07, 6.45) is -0.776. The molecule has 3 atom stereocenters. The Morgan fingerprint density at radius 1 is 1.02 bits per heavy atom. The van der Waals surface area contributed by atoms with Crippen molar-refractivity contribution >= 4 is 17.8 Å². The maximum atomic E-state index is 14.8. The minimum atomic E-state index is -1.00. The first-order chi connectivity index (χ1) is 19.6. The summed E-state index contributed by atoms with van der Waals surface area (Å²) in [5, 5.41) is 15.6. The molecule has 0 radical (unpaired) electrons. The summed E-state index contributed by atoms with van der Waals surface area (Å²) in [6, 6.07) is 16.6. The number of carbonyl (C=O) groups is 3. The maximum Gasteiger partial charge on any atom is 0.334 e. The average Bonchev–Trinajstić information content (AvgIpc) is 2.94. The number of fused-ring (bicyclic) bond motifs is 1. The Kier molecular flexibility index (Phi) is 7.89. The van der Waals surface area contributed by atoms with Gasteiger partial charge in [-0.05, 0) is 36.2 Å². The molecule has 41 heavy (non-hydrogen) atoms. The van der Waals surface area contributed by atoms with Gasteiger partial charge in [0.2, 0.25) is 11.8 Å². The lowest BCUT2D eigenvalue weighted by Crippen LogP contribution is -2.76. The van der Waals surface area contributed by atoms with Crippen LogP contribution >= 0.6 is 0 Å². The minimum absolute atomic E-state index is 0.0561. The number of hydrazine groups is 1. The van der Waals surface area contributed by atoms with Crippen molar-refractivity contribution in [3.8, 4) is 5.75 Å². The van der Waals surface area contributed by atoms with E-state index < -0.39 is 41.8 Å². The predicted octanol–water partition coefficient (Wildman–Crippen LogP) is 3.41. The van der Waals surface area contributed by atoms with Gasteiger partial charge >= 0.3 is 6.03 Å². The van der Waals surface area contributed by atoms with Gasteiger partial charge in [0, 0.05) is 31.6 Å². The Balaban J connectivity index is 1.50. The number of halogens is 2. The summed E-state index contributed by atoms with van der Waals surface area (Å²) in [5.74, 6) is -2.23. The van der Waals surface area contributed by atoms with E-state index >= 15 is 0 Å². The van der Waals surface area contributed by atoms with Crippen LogP contribution in [-0.2, 0) is 22.6 Å². The van der Waals surface area contributed by atoms with Crippen LogP contribution in [0.4, 0.5) is 13.6 Å². The van der Waals surface area contributed by atoms with E-state index in [0.29, 0.717) is 5.56 Å². The van der Waals surface area contributed by atoms with Gasteiger partial charge in [0.25, 0.3) is 0 Å². The Morgan fingerprint density at radius 2 is 1.73 bits per heavy atom. The number of hydrogen-bond donors (Lipinski definition) is 2. The lowest BCUT2D eigenvalue weighted by Gasteiger charge is -2.55. The van der Waals surface area contributed by atoms with Crippen molar-refractivity contribution in [2.45, 2.75) is 38.1 Å². The third-order valence-electron chi connectivity index (χ3n) is 7.63. The molecule has 3 aromatic carbocycles. The van der Waals surface area contributed by atoms with E-state index in [4.69, 9.17) is 0 Å². The number of rotatable bonds is 6. The fraction of sp³-hybridized carbons (Fsp3) is 0.300. The van der Waals surface area contributed by atoms with Crippen molar-refractivity contribution in [1.29, 1.82) is 0 Å². The summed E-state index contributed by atoms with van der Waals surface area (Å²) < 4.78 is 28.5. The van der Waals surface area contributed by atoms with Crippen molar-refractivity contribution in [3.05, 3.63) is 101 Å². The van der Waals surface area contributed by atoms with E-state index in [9.17, 15) is 28.3 Å². The first-order valence-corrected chi connectivity index (χ1v) is 13.3. The highest BCUT2D eigenvalue weighted by Crippen LogP contribution is 2.33. The molecule has 214 valence electrons. The number of phenolic OH excluding ortho intramolecular Hbond substituents is 1. The van der Waals surface area contributed by atoms with Crippen molar-refractivity contribution < 1.29 is 28.3 Å². The zero-order chi connectivity index (χ0) is 29.3. The Morgan fingerprint density at radius 3 is 2.41 bits per heavy atom. The molecule has 0 aliphatic carbocycles. The molecule has 2 fully saturated rings. The number of aromatic hydroxyl groups is 1. The number of benzene rings is 3. The van der Waals surface area contributed by atoms with Crippen LogP contribution in [0.5, 0.6) is 5.75 Å². The predicted molar refractivity (Wildman–Crippen MR) is 146 cm³/mol. The number of hydrogen-bond acceptors (Lipinski definition) is 5. The van der Waals surface area contributed by atoms with Gasteiger partial charge in [0.05, 0.1) is 19.1 Å². The second kappa shape index (κ2) is 11.5. The summed E-state index contributed by atoms with van der Waals surface area (Å²) >= 11 is 0. The van der Waals surface area contributed by atoms with E-state index in [1.54, 1.807) is 26.1 Å². The highest BCUT2D eigenvalue weighted by atomic mass is 19.1. The van der Waals surface area contributed by atoms with E-state index in [1.165, 1.54) is 38.0 Å². The monoisotopic (exact) mass is 563 g/mol. The first kappa shape index (κ1) is 28.0. The average molecular weight is 564 g/mol. The number of urea groups is 1. The molecule has 2 saturated heterocycles. The summed E-state index contributed by atoms with van der Waals surface area (Å²) in [5.41, 5.74) is 1.70. The number of carbonyl (C=O) groups excluding carboxylic acids is 3. The van der Waals surface area contributed by atoms with Gasteiger partial charge < -0.3 is 20.2 Å². The van der Waals surface area contributed by atoms with Crippen LogP contribution in [0, 0.1) is 11.6 Å². The van der Waals surface area contributed by atoms with Gasteiger partial charge in [-0.25, -0.2) is 23.6 Å². The van der Waals surface area contributed by atoms with Crippen LogP contribution < -0.4 is 5.32 Å². The molecule has 3 aromatic rings. The fourth-order valence-corrected chi connectivity index (χ4v) is 5.53. The molecule has 2 aliphatic heterocycles. The molecule has 0 bridgehead atoms. The van der Waals surface area contributed by atoms with Crippen molar-refractivity contribution in [1.82, 2.24) is 25.1 Å².